The Labute approximate surface area is 162 Å². The van der Waals surface area contributed by atoms with E-state index in [0.29, 0.717) is 36.1 Å². The lowest BCUT2D eigenvalue weighted by molar-refractivity contribution is -0.307. The van der Waals surface area contributed by atoms with Crippen LogP contribution in [-0.4, -0.2) is 30.6 Å². The van der Waals surface area contributed by atoms with Crippen LogP contribution in [0.1, 0.15) is 72.1 Å². The van der Waals surface area contributed by atoms with Crippen molar-refractivity contribution in [2.75, 3.05) is 7.11 Å². The van der Waals surface area contributed by atoms with Crippen LogP contribution in [0.2, 0.25) is 0 Å². The standard InChI is InChI=1S/C23H34O4/c1-13(20(25)26-4)16-7-8-17-18-6-5-14-11-15-9-10-22(14,3)23(18,27-15)19(24)12-21(16,17)2/h13-18H,5-12H2,1-4H3/t13?,14-,15-,16?,17?,18?,21-,22+,23+/m1/s1. The zero-order chi connectivity index (χ0) is 19.2. The van der Waals surface area contributed by atoms with E-state index in [1.807, 2.05) is 6.92 Å². The van der Waals surface area contributed by atoms with E-state index in [1.165, 1.54) is 13.5 Å². The fraction of sp³-hybridized carbons (Fsp3) is 0.913. The van der Waals surface area contributed by atoms with E-state index >= 15 is 0 Å². The van der Waals surface area contributed by atoms with Gasteiger partial charge in [-0.2, -0.15) is 0 Å². The van der Waals surface area contributed by atoms with Crippen LogP contribution >= 0.6 is 0 Å². The van der Waals surface area contributed by atoms with E-state index in [1.54, 1.807) is 0 Å². The molecule has 2 saturated heterocycles. The first-order valence-corrected chi connectivity index (χ1v) is 11.1. The van der Waals surface area contributed by atoms with Gasteiger partial charge in [-0.15, -0.1) is 0 Å². The van der Waals surface area contributed by atoms with Gasteiger partial charge in [0.2, 0.25) is 0 Å². The van der Waals surface area contributed by atoms with Crippen molar-refractivity contribution in [1.29, 1.82) is 0 Å². The van der Waals surface area contributed by atoms with Crippen LogP contribution in [0.3, 0.4) is 0 Å². The molecule has 0 aromatic rings. The summed E-state index contributed by atoms with van der Waals surface area (Å²) in [7, 11) is 1.48. The minimum absolute atomic E-state index is 0.0229. The Balaban J connectivity index is 1.55. The molecule has 0 N–H and O–H groups in total. The van der Waals surface area contributed by atoms with E-state index in [0.717, 1.165) is 38.5 Å². The lowest BCUT2D eigenvalue weighted by atomic mass is 9.40. The quantitative estimate of drug-likeness (QED) is 0.681. The van der Waals surface area contributed by atoms with Gasteiger partial charge in [0.1, 0.15) is 5.60 Å². The maximum atomic E-state index is 13.9. The summed E-state index contributed by atoms with van der Waals surface area (Å²) < 4.78 is 11.8. The van der Waals surface area contributed by atoms with E-state index < -0.39 is 5.60 Å². The van der Waals surface area contributed by atoms with Gasteiger partial charge in [-0.3, -0.25) is 9.59 Å². The number of ketones is 1. The molecule has 4 heteroatoms. The lowest BCUT2D eigenvalue weighted by Gasteiger charge is -2.70. The highest BCUT2D eigenvalue weighted by Crippen LogP contribution is 2.72. The van der Waals surface area contributed by atoms with Gasteiger partial charge in [-0.05, 0) is 74.0 Å². The summed E-state index contributed by atoms with van der Waals surface area (Å²) in [5.74, 6) is 1.81. The van der Waals surface area contributed by atoms with Crippen molar-refractivity contribution in [2.45, 2.75) is 83.8 Å². The average molecular weight is 375 g/mol. The first-order chi connectivity index (χ1) is 12.8. The second-order valence-corrected chi connectivity index (χ2v) is 10.8. The molecule has 0 aromatic carbocycles. The fourth-order valence-electron chi connectivity index (χ4n) is 8.83. The van der Waals surface area contributed by atoms with Gasteiger partial charge in [0, 0.05) is 11.8 Å². The molecule has 4 unspecified atom stereocenters. The van der Waals surface area contributed by atoms with Crippen molar-refractivity contribution in [2.24, 2.45) is 40.4 Å². The Hall–Kier alpha value is -0.900. The largest absolute Gasteiger partial charge is 0.469 e. The van der Waals surface area contributed by atoms with Gasteiger partial charge in [0.05, 0.1) is 19.1 Å². The van der Waals surface area contributed by atoms with E-state index in [-0.39, 0.29) is 28.6 Å². The van der Waals surface area contributed by atoms with Gasteiger partial charge in [-0.1, -0.05) is 20.8 Å². The van der Waals surface area contributed by atoms with E-state index in [2.05, 4.69) is 13.8 Å². The number of rotatable bonds is 2. The molecule has 4 saturated carbocycles. The number of carbonyl (C=O) groups excluding carboxylic acids is 2. The van der Waals surface area contributed by atoms with Gasteiger partial charge >= 0.3 is 5.97 Å². The number of ether oxygens (including phenoxy) is 2. The van der Waals surface area contributed by atoms with Crippen molar-refractivity contribution < 1.29 is 19.1 Å². The molecule has 1 spiro atoms. The third-order valence-corrected chi connectivity index (χ3v) is 10.1. The number of carbonyl (C=O) groups is 2. The third-order valence-electron chi connectivity index (χ3n) is 10.1. The number of fused-ring (bicyclic) bond motifs is 3. The first-order valence-electron chi connectivity index (χ1n) is 11.1. The first kappa shape index (κ1) is 18.1. The zero-order valence-corrected chi connectivity index (χ0v) is 17.3. The van der Waals surface area contributed by atoms with E-state index in [9.17, 15) is 9.59 Å². The summed E-state index contributed by atoms with van der Waals surface area (Å²) >= 11 is 0. The summed E-state index contributed by atoms with van der Waals surface area (Å²) in [4.78, 5) is 26.1. The summed E-state index contributed by atoms with van der Waals surface area (Å²) in [6, 6.07) is 0. The fourth-order valence-corrected chi connectivity index (χ4v) is 8.83. The molecule has 9 atom stereocenters. The molecule has 2 heterocycles. The minimum Gasteiger partial charge on any atom is -0.469 e. The van der Waals surface area contributed by atoms with Crippen molar-refractivity contribution >= 4 is 11.8 Å². The Morgan fingerprint density at radius 1 is 1.15 bits per heavy atom. The Kier molecular flexibility index (Phi) is 3.75. The Morgan fingerprint density at radius 3 is 2.63 bits per heavy atom. The number of methoxy groups -OCH3 is 1. The molecule has 0 amide bonds. The predicted molar refractivity (Wildman–Crippen MR) is 101 cm³/mol. The summed E-state index contributed by atoms with van der Waals surface area (Å²) in [5.41, 5.74) is -0.608. The highest BCUT2D eigenvalue weighted by atomic mass is 16.5. The van der Waals surface area contributed by atoms with Gasteiger partial charge in [0.25, 0.3) is 0 Å². The van der Waals surface area contributed by atoms with Gasteiger partial charge in [0.15, 0.2) is 5.78 Å². The molecule has 0 aromatic heterocycles. The number of Topliss-reactive ketones (excluding diaryl/α,β-unsaturated/α-hetero) is 1. The van der Waals surface area contributed by atoms with Crippen molar-refractivity contribution in [3.63, 3.8) is 0 Å². The maximum Gasteiger partial charge on any atom is 0.308 e. The molecule has 2 aliphatic heterocycles. The number of hydrogen-bond donors (Lipinski definition) is 0. The van der Waals surface area contributed by atoms with Crippen molar-refractivity contribution in [3.05, 3.63) is 0 Å². The molecule has 0 radical (unpaired) electrons. The number of esters is 1. The molecule has 4 aliphatic carbocycles. The summed E-state index contributed by atoms with van der Waals surface area (Å²) in [6.45, 7) is 6.65. The van der Waals surface area contributed by atoms with E-state index in [4.69, 9.17) is 9.47 Å². The molecule has 4 bridgehead atoms. The van der Waals surface area contributed by atoms with Crippen molar-refractivity contribution in [1.82, 2.24) is 0 Å². The highest BCUT2D eigenvalue weighted by Gasteiger charge is 2.74. The predicted octanol–water partition coefficient (Wildman–Crippen LogP) is 4.15. The molecule has 6 fully saturated rings. The van der Waals surface area contributed by atoms with Crippen LogP contribution in [0, 0.1) is 40.4 Å². The van der Waals surface area contributed by atoms with Gasteiger partial charge in [-0.25, -0.2) is 0 Å². The SMILES string of the molecule is COC(=O)C(C)C1CCC2C3CC[C@@H]4C[C@H]5CC[C@]4(C)[C@@]3(O5)C(=O)C[C@]12C. The minimum atomic E-state index is -0.537. The summed E-state index contributed by atoms with van der Waals surface area (Å²) in [5, 5.41) is 0. The smallest absolute Gasteiger partial charge is 0.308 e. The van der Waals surface area contributed by atoms with Crippen LogP contribution in [0.5, 0.6) is 0 Å². The molecule has 4 nitrogen and oxygen atoms in total. The molecule has 6 rings (SSSR count). The van der Waals surface area contributed by atoms with Gasteiger partial charge < -0.3 is 9.47 Å². The second kappa shape index (κ2) is 5.58. The van der Waals surface area contributed by atoms with Crippen LogP contribution in [-0.2, 0) is 19.1 Å². The van der Waals surface area contributed by atoms with Crippen LogP contribution < -0.4 is 0 Å². The van der Waals surface area contributed by atoms with Crippen LogP contribution in [0.4, 0.5) is 0 Å². The molecule has 27 heavy (non-hydrogen) atoms. The van der Waals surface area contributed by atoms with Crippen molar-refractivity contribution in [3.8, 4) is 0 Å². The monoisotopic (exact) mass is 374 g/mol. The third kappa shape index (κ3) is 1.99. The topological polar surface area (TPSA) is 52.6 Å². The maximum absolute atomic E-state index is 13.9. The number of hydrogen-bond acceptors (Lipinski definition) is 4. The van der Waals surface area contributed by atoms with Crippen LogP contribution in [0.25, 0.3) is 0 Å². The highest BCUT2D eigenvalue weighted by molar-refractivity contribution is 5.91. The normalized spacial score (nSPS) is 54.2. The molecule has 150 valence electrons. The molecular weight excluding hydrogens is 340 g/mol. The Morgan fingerprint density at radius 2 is 1.89 bits per heavy atom. The van der Waals surface area contributed by atoms with Crippen LogP contribution in [0.15, 0.2) is 0 Å². The zero-order valence-electron chi connectivity index (χ0n) is 17.3. The lowest BCUT2D eigenvalue weighted by Crippen LogP contribution is -2.75. The molecular formula is C23H34O4. The second-order valence-electron chi connectivity index (χ2n) is 10.8. The molecule has 6 aliphatic rings. The summed E-state index contributed by atoms with van der Waals surface area (Å²) in [6.07, 6.45) is 8.82. The average Bonchev–Trinajstić information content (AvgIpc) is 2.96. The Bertz CT molecular complexity index is 688.